The highest BCUT2D eigenvalue weighted by atomic mass is 19.4. The first-order chi connectivity index (χ1) is 9.31. The van der Waals surface area contributed by atoms with E-state index in [2.05, 4.69) is 0 Å². The van der Waals surface area contributed by atoms with E-state index in [-0.39, 0.29) is 18.2 Å². The molecule has 0 saturated carbocycles. The van der Waals surface area contributed by atoms with E-state index in [0.29, 0.717) is 25.1 Å². The second kappa shape index (κ2) is 5.69. The van der Waals surface area contributed by atoms with E-state index in [1.807, 2.05) is 11.8 Å². The number of nitrogens with zero attached hydrogens (tertiary/aromatic N) is 1. The van der Waals surface area contributed by atoms with Gasteiger partial charge in [0.2, 0.25) is 0 Å². The van der Waals surface area contributed by atoms with Crippen LogP contribution in [0.1, 0.15) is 24.5 Å². The normalized spacial score (nSPS) is 24.3. The molecule has 1 aromatic rings. The van der Waals surface area contributed by atoms with Crippen LogP contribution < -0.4 is 5.73 Å². The van der Waals surface area contributed by atoms with Gasteiger partial charge in [0.1, 0.15) is 5.82 Å². The second-order valence-corrected chi connectivity index (χ2v) is 5.42. The maximum Gasteiger partial charge on any atom is 0.416 e. The molecule has 0 aromatic heterocycles. The quantitative estimate of drug-likeness (QED) is 0.867. The van der Waals surface area contributed by atoms with Crippen LogP contribution >= 0.6 is 0 Å². The number of alkyl halides is 3. The number of likely N-dealkylation sites (tertiary alicyclic amines) is 1. The monoisotopic (exact) mass is 290 g/mol. The van der Waals surface area contributed by atoms with Crippen molar-refractivity contribution in [1.82, 2.24) is 4.90 Å². The average molecular weight is 290 g/mol. The Morgan fingerprint density at radius 2 is 2.05 bits per heavy atom. The van der Waals surface area contributed by atoms with Crippen molar-refractivity contribution < 1.29 is 17.6 Å². The van der Waals surface area contributed by atoms with Crippen molar-refractivity contribution in [2.45, 2.75) is 32.1 Å². The number of nitrogens with two attached hydrogens (primary N) is 1. The second-order valence-electron chi connectivity index (χ2n) is 5.42. The van der Waals surface area contributed by atoms with E-state index in [0.717, 1.165) is 12.5 Å². The SMILES string of the molecule is CC1CC(CN)CN1Cc1ccc(F)cc1C(F)(F)F. The van der Waals surface area contributed by atoms with E-state index in [4.69, 9.17) is 5.73 Å². The minimum atomic E-state index is -4.53. The van der Waals surface area contributed by atoms with E-state index < -0.39 is 17.6 Å². The molecule has 1 heterocycles. The summed E-state index contributed by atoms with van der Waals surface area (Å²) in [6.45, 7) is 3.38. The van der Waals surface area contributed by atoms with Crippen molar-refractivity contribution >= 4 is 0 Å². The number of rotatable bonds is 3. The van der Waals surface area contributed by atoms with Crippen molar-refractivity contribution in [3.8, 4) is 0 Å². The van der Waals surface area contributed by atoms with E-state index >= 15 is 0 Å². The molecule has 2 atom stereocenters. The summed E-state index contributed by atoms with van der Waals surface area (Å²) < 4.78 is 51.9. The van der Waals surface area contributed by atoms with Crippen LogP contribution in [-0.2, 0) is 12.7 Å². The fraction of sp³-hybridized carbons (Fsp3) is 0.571. The summed E-state index contributed by atoms with van der Waals surface area (Å²) in [6, 6.07) is 3.05. The topological polar surface area (TPSA) is 29.3 Å². The Bertz CT molecular complexity index is 473. The first kappa shape index (κ1) is 15.3. The lowest BCUT2D eigenvalue weighted by molar-refractivity contribution is -0.138. The fourth-order valence-corrected chi connectivity index (χ4v) is 2.78. The van der Waals surface area contributed by atoms with Crippen LogP contribution in [0.3, 0.4) is 0 Å². The summed E-state index contributed by atoms with van der Waals surface area (Å²) in [5.74, 6) is -0.546. The van der Waals surface area contributed by atoms with Gasteiger partial charge in [0.05, 0.1) is 5.56 Å². The molecule has 2 N–H and O–H groups in total. The van der Waals surface area contributed by atoms with Gasteiger partial charge in [-0.3, -0.25) is 4.90 Å². The molecule has 2 rings (SSSR count). The number of hydrogen-bond donors (Lipinski definition) is 1. The molecule has 6 heteroatoms. The number of hydrogen-bond acceptors (Lipinski definition) is 2. The Labute approximate surface area is 115 Å². The van der Waals surface area contributed by atoms with Gasteiger partial charge in [0, 0.05) is 19.1 Å². The Hall–Kier alpha value is -1.14. The zero-order chi connectivity index (χ0) is 14.9. The molecule has 1 fully saturated rings. The van der Waals surface area contributed by atoms with Gasteiger partial charge < -0.3 is 5.73 Å². The van der Waals surface area contributed by atoms with Crippen LogP contribution in [0, 0.1) is 11.7 Å². The molecule has 1 saturated heterocycles. The number of halogens is 4. The van der Waals surface area contributed by atoms with Crippen molar-refractivity contribution in [2.24, 2.45) is 11.7 Å². The molecule has 2 nitrogen and oxygen atoms in total. The highest BCUT2D eigenvalue weighted by molar-refractivity contribution is 5.30. The fourth-order valence-electron chi connectivity index (χ4n) is 2.78. The molecule has 0 radical (unpaired) electrons. The first-order valence-electron chi connectivity index (χ1n) is 6.61. The Kier molecular flexibility index (Phi) is 4.34. The largest absolute Gasteiger partial charge is 0.416 e. The van der Waals surface area contributed by atoms with Crippen LogP contribution in [0.15, 0.2) is 18.2 Å². The maximum atomic E-state index is 13.1. The lowest BCUT2D eigenvalue weighted by Crippen LogP contribution is -2.28. The Morgan fingerprint density at radius 1 is 1.35 bits per heavy atom. The summed E-state index contributed by atoms with van der Waals surface area (Å²) in [5, 5.41) is 0. The van der Waals surface area contributed by atoms with Gasteiger partial charge in [-0.2, -0.15) is 13.2 Å². The minimum Gasteiger partial charge on any atom is -0.330 e. The van der Waals surface area contributed by atoms with Crippen molar-refractivity contribution in [1.29, 1.82) is 0 Å². The Balaban J connectivity index is 2.22. The van der Waals surface area contributed by atoms with Crippen LogP contribution in [0.25, 0.3) is 0 Å². The highest BCUT2D eigenvalue weighted by Gasteiger charge is 2.35. The zero-order valence-electron chi connectivity index (χ0n) is 11.3. The molecule has 20 heavy (non-hydrogen) atoms. The standard InChI is InChI=1S/C14H18F4N2/c1-9-4-10(6-19)7-20(9)8-11-2-3-12(15)5-13(11)14(16,17)18/h2-3,5,9-10H,4,6-8,19H2,1H3. The molecular formula is C14H18F4N2. The predicted octanol–water partition coefficient (Wildman–Crippen LogP) is 3.01. The highest BCUT2D eigenvalue weighted by Crippen LogP contribution is 2.34. The summed E-state index contributed by atoms with van der Waals surface area (Å²) in [7, 11) is 0. The summed E-state index contributed by atoms with van der Waals surface area (Å²) in [6.07, 6.45) is -3.65. The first-order valence-corrected chi connectivity index (χ1v) is 6.61. The lowest BCUT2D eigenvalue weighted by atomic mass is 10.1. The zero-order valence-corrected chi connectivity index (χ0v) is 11.3. The van der Waals surface area contributed by atoms with Crippen LogP contribution in [0.4, 0.5) is 17.6 Å². The van der Waals surface area contributed by atoms with Gasteiger partial charge in [-0.25, -0.2) is 4.39 Å². The van der Waals surface area contributed by atoms with Gasteiger partial charge in [-0.1, -0.05) is 6.07 Å². The maximum absolute atomic E-state index is 13.1. The summed E-state index contributed by atoms with van der Waals surface area (Å²) in [4.78, 5) is 1.97. The smallest absolute Gasteiger partial charge is 0.330 e. The van der Waals surface area contributed by atoms with E-state index in [9.17, 15) is 17.6 Å². The third kappa shape index (κ3) is 3.30. The third-order valence-corrected chi connectivity index (χ3v) is 3.87. The lowest BCUT2D eigenvalue weighted by Gasteiger charge is -2.23. The van der Waals surface area contributed by atoms with Gasteiger partial charge in [0.25, 0.3) is 0 Å². The van der Waals surface area contributed by atoms with E-state index in [1.54, 1.807) is 0 Å². The van der Waals surface area contributed by atoms with Gasteiger partial charge in [0.15, 0.2) is 0 Å². The molecule has 1 aliphatic rings. The molecule has 1 aliphatic heterocycles. The summed E-state index contributed by atoms with van der Waals surface area (Å²) in [5.41, 5.74) is 4.84. The van der Waals surface area contributed by atoms with Gasteiger partial charge in [-0.05, 0) is 43.5 Å². The minimum absolute atomic E-state index is 0.114. The van der Waals surface area contributed by atoms with Crippen LogP contribution in [-0.4, -0.2) is 24.0 Å². The molecule has 0 spiro atoms. The Morgan fingerprint density at radius 3 is 2.60 bits per heavy atom. The molecule has 0 aliphatic carbocycles. The van der Waals surface area contributed by atoms with Crippen molar-refractivity contribution in [2.75, 3.05) is 13.1 Å². The number of benzene rings is 1. The van der Waals surface area contributed by atoms with Gasteiger partial charge >= 0.3 is 6.18 Å². The molecule has 1 aromatic carbocycles. The predicted molar refractivity (Wildman–Crippen MR) is 68.4 cm³/mol. The van der Waals surface area contributed by atoms with E-state index in [1.165, 1.54) is 6.07 Å². The summed E-state index contributed by atoms with van der Waals surface area (Å²) >= 11 is 0. The molecular weight excluding hydrogens is 272 g/mol. The average Bonchev–Trinajstić information content (AvgIpc) is 2.71. The van der Waals surface area contributed by atoms with Crippen LogP contribution in [0.2, 0.25) is 0 Å². The van der Waals surface area contributed by atoms with Crippen molar-refractivity contribution in [3.63, 3.8) is 0 Å². The third-order valence-electron chi connectivity index (χ3n) is 3.87. The molecule has 0 amide bonds. The molecule has 112 valence electrons. The van der Waals surface area contributed by atoms with Crippen molar-refractivity contribution in [3.05, 3.63) is 35.1 Å². The molecule has 2 unspecified atom stereocenters. The van der Waals surface area contributed by atoms with Gasteiger partial charge in [-0.15, -0.1) is 0 Å². The van der Waals surface area contributed by atoms with Crippen LogP contribution in [0.5, 0.6) is 0 Å². The molecule has 0 bridgehead atoms.